The topological polar surface area (TPSA) is 50.9 Å². The lowest BCUT2D eigenvalue weighted by Gasteiger charge is -2.30. The van der Waals surface area contributed by atoms with Crippen molar-refractivity contribution < 1.29 is 0 Å². The third-order valence-electron chi connectivity index (χ3n) is 3.71. The number of hydrogen-bond acceptors (Lipinski definition) is 4. The van der Waals surface area contributed by atoms with E-state index < -0.39 is 0 Å². The van der Waals surface area contributed by atoms with Crippen molar-refractivity contribution in [2.45, 2.75) is 26.6 Å². The second kappa shape index (κ2) is 4.70. The first-order valence-electron chi connectivity index (χ1n) is 6.62. The molecule has 0 bridgehead atoms. The van der Waals surface area contributed by atoms with Gasteiger partial charge >= 0.3 is 0 Å². The minimum atomic E-state index is 0.847. The number of hydrogen-bond donors (Lipinski definition) is 1. The molecule has 6 heteroatoms. The molecule has 0 atom stereocenters. The summed E-state index contributed by atoms with van der Waals surface area (Å²) in [5.74, 6) is 2.33. The van der Waals surface area contributed by atoms with Crippen molar-refractivity contribution in [3.05, 3.63) is 29.5 Å². The van der Waals surface area contributed by atoms with Crippen LogP contribution in [0.4, 0.5) is 5.82 Å². The highest BCUT2D eigenvalue weighted by Gasteiger charge is 2.23. The van der Waals surface area contributed by atoms with Gasteiger partial charge in [0.15, 0.2) is 0 Å². The molecule has 0 saturated carbocycles. The Morgan fingerprint density at radius 2 is 2.21 bits per heavy atom. The molecule has 0 unspecified atom stereocenters. The minimum Gasteiger partial charge on any atom is -0.347 e. The highest BCUT2D eigenvalue weighted by atomic mass is 15.4. The Hall–Kier alpha value is -1.82. The standard InChI is InChI=1S/C13H20N6/c1-10-11(8-14-2)13(17(3)16-10)19-7-6-18-5-4-15-12(18)9-19/h4-5,14H,6-9H2,1-3H3. The number of aryl methyl sites for hydroxylation is 2. The lowest BCUT2D eigenvalue weighted by molar-refractivity contribution is 0.544. The summed E-state index contributed by atoms with van der Waals surface area (Å²) in [5.41, 5.74) is 2.38. The van der Waals surface area contributed by atoms with Gasteiger partial charge in [-0.05, 0) is 14.0 Å². The van der Waals surface area contributed by atoms with Crippen LogP contribution in [0, 0.1) is 6.92 Å². The molecular formula is C13H20N6. The van der Waals surface area contributed by atoms with Gasteiger partial charge in [0.2, 0.25) is 0 Å². The molecule has 0 fully saturated rings. The summed E-state index contributed by atoms with van der Waals surface area (Å²) in [6.07, 6.45) is 3.93. The fraction of sp³-hybridized carbons (Fsp3) is 0.538. The van der Waals surface area contributed by atoms with Crippen LogP contribution < -0.4 is 10.2 Å². The van der Waals surface area contributed by atoms with Crippen LogP contribution in [0.15, 0.2) is 12.4 Å². The zero-order valence-corrected chi connectivity index (χ0v) is 11.7. The van der Waals surface area contributed by atoms with Crippen LogP contribution in [0.2, 0.25) is 0 Å². The summed E-state index contributed by atoms with van der Waals surface area (Å²) in [5, 5.41) is 7.79. The van der Waals surface area contributed by atoms with Crippen LogP contribution in [-0.4, -0.2) is 32.9 Å². The predicted octanol–water partition coefficient (Wildman–Crippen LogP) is 0.665. The van der Waals surface area contributed by atoms with E-state index in [0.717, 1.165) is 37.7 Å². The molecule has 102 valence electrons. The number of fused-ring (bicyclic) bond motifs is 1. The number of aromatic nitrogens is 4. The molecular weight excluding hydrogens is 240 g/mol. The van der Waals surface area contributed by atoms with Gasteiger partial charge in [-0.3, -0.25) is 4.68 Å². The molecule has 2 aromatic rings. The molecule has 1 aliphatic heterocycles. The molecule has 1 aliphatic rings. The average molecular weight is 260 g/mol. The van der Waals surface area contributed by atoms with Gasteiger partial charge in [-0.2, -0.15) is 5.10 Å². The molecule has 3 rings (SSSR count). The first kappa shape index (κ1) is 12.2. The van der Waals surface area contributed by atoms with Crippen LogP contribution in [0.25, 0.3) is 0 Å². The SMILES string of the molecule is CNCc1c(C)nn(C)c1N1CCn2ccnc2C1. The number of nitrogens with zero attached hydrogens (tertiary/aromatic N) is 5. The quantitative estimate of drug-likeness (QED) is 0.881. The molecule has 0 aliphatic carbocycles. The summed E-state index contributed by atoms with van der Waals surface area (Å²) in [6.45, 7) is 5.75. The van der Waals surface area contributed by atoms with Crippen LogP contribution in [-0.2, 0) is 26.7 Å². The maximum atomic E-state index is 4.56. The summed E-state index contributed by atoms with van der Waals surface area (Å²) >= 11 is 0. The zero-order valence-electron chi connectivity index (χ0n) is 11.7. The van der Waals surface area contributed by atoms with Crippen molar-refractivity contribution in [2.75, 3.05) is 18.5 Å². The van der Waals surface area contributed by atoms with Gasteiger partial charge < -0.3 is 14.8 Å². The normalized spacial score (nSPS) is 14.8. The van der Waals surface area contributed by atoms with Gasteiger partial charge in [0.05, 0.1) is 12.2 Å². The Kier molecular flexibility index (Phi) is 3.02. The second-order valence-corrected chi connectivity index (χ2v) is 5.00. The largest absolute Gasteiger partial charge is 0.347 e. The van der Waals surface area contributed by atoms with Gasteiger partial charge in [0.25, 0.3) is 0 Å². The highest BCUT2D eigenvalue weighted by molar-refractivity contribution is 5.50. The van der Waals surface area contributed by atoms with E-state index in [9.17, 15) is 0 Å². The Morgan fingerprint density at radius 3 is 3.00 bits per heavy atom. The second-order valence-electron chi connectivity index (χ2n) is 5.00. The average Bonchev–Trinajstić information content (AvgIpc) is 2.94. The van der Waals surface area contributed by atoms with Crippen LogP contribution in [0.5, 0.6) is 0 Å². The van der Waals surface area contributed by atoms with E-state index in [0.29, 0.717) is 0 Å². The van der Waals surface area contributed by atoms with Crippen molar-refractivity contribution >= 4 is 5.82 Å². The van der Waals surface area contributed by atoms with Gasteiger partial charge in [-0.25, -0.2) is 4.98 Å². The molecule has 0 spiro atoms. The van der Waals surface area contributed by atoms with Gasteiger partial charge in [-0.15, -0.1) is 0 Å². The molecule has 6 nitrogen and oxygen atoms in total. The highest BCUT2D eigenvalue weighted by Crippen LogP contribution is 2.26. The molecule has 0 aromatic carbocycles. The van der Waals surface area contributed by atoms with E-state index in [1.165, 1.54) is 11.4 Å². The van der Waals surface area contributed by atoms with Crippen LogP contribution >= 0.6 is 0 Å². The lowest BCUT2D eigenvalue weighted by atomic mass is 10.2. The molecule has 0 radical (unpaired) electrons. The third-order valence-corrected chi connectivity index (χ3v) is 3.71. The maximum Gasteiger partial charge on any atom is 0.131 e. The van der Waals surface area contributed by atoms with Gasteiger partial charge in [-0.1, -0.05) is 0 Å². The zero-order chi connectivity index (χ0) is 13.4. The summed E-state index contributed by atoms with van der Waals surface area (Å²) in [4.78, 5) is 6.79. The maximum absolute atomic E-state index is 4.56. The summed E-state index contributed by atoms with van der Waals surface area (Å²) in [7, 11) is 3.99. The Bertz CT molecular complexity index is 582. The fourth-order valence-corrected chi connectivity index (χ4v) is 2.82. The van der Waals surface area contributed by atoms with Crippen LogP contribution in [0.1, 0.15) is 17.1 Å². The monoisotopic (exact) mass is 260 g/mol. The first-order valence-corrected chi connectivity index (χ1v) is 6.62. The Morgan fingerprint density at radius 1 is 1.37 bits per heavy atom. The van der Waals surface area contributed by atoms with E-state index in [2.05, 4.69) is 38.0 Å². The van der Waals surface area contributed by atoms with Gasteiger partial charge in [0, 0.05) is 44.6 Å². The Balaban J connectivity index is 1.95. The van der Waals surface area contributed by atoms with E-state index in [4.69, 9.17) is 0 Å². The predicted molar refractivity (Wildman–Crippen MR) is 74.0 cm³/mol. The van der Waals surface area contributed by atoms with Crippen molar-refractivity contribution in [3.8, 4) is 0 Å². The van der Waals surface area contributed by atoms with Crippen molar-refractivity contribution in [1.29, 1.82) is 0 Å². The fourth-order valence-electron chi connectivity index (χ4n) is 2.82. The minimum absolute atomic E-state index is 0.847. The van der Waals surface area contributed by atoms with E-state index in [1.54, 1.807) is 0 Å². The number of nitrogens with one attached hydrogen (secondary N) is 1. The number of anilines is 1. The number of imidazole rings is 1. The lowest BCUT2D eigenvalue weighted by Crippen LogP contribution is -2.35. The first-order chi connectivity index (χ1) is 9.20. The molecule has 2 aromatic heterocycles. The van der Waals surface area contributed by atoms with Crippen molar-refractivity contribution in [1.82, 2.24) is 24.6 Å². The molecule has 0 amide bonds. The van der Waals surface area contributed by atoms with Crippen molar-refractivity contribution in [2.24, 2.45) is 7.05 Å². The smallest absolute Gasteiger partial charge is 0.131 e. The molecule has 3 heterocycles. The third kappa shape index (κ3) is 2.02. The van der Waals surface area contributed by atoms with Crippen molar-refractivity contribution in [3.63, 3.8) is 0 Å². The number of rotatable bonds is 3. The summed E-state index contributed by atoms with van der Waals surface area (Å²) in [6, 6.07) is 0. The molecule has 0 saturated heterocycles. The van der Waals surface area contributed by atoms with Crippen LogP contribution in [0.3, 0.4) is 0 Å². The van der Waals surface area contributed by atoms with E-state index >= 15 is 0 Å². The summed E-state index contributed by atoms with van der Waals surface area (Å²) < 4.78 is 4.21. The molecule has 19 heavy (non-hydrogen) atoms. The molecule has 1 N–H and O–H groups in total. The van der Waals surface area contributed by atoms with Gasteiger partial charge in [0.1, 0.15) is 11.6 Å². The van der Waals surface area contributed by atoms with E-state index in [-0.39, 0.29) is 0 Å². The Labute approximate surface area is 113 Å². The van der Waals surface area contributed by atoms with E-state index in [1.807, 2.05) is 25.0 Å².